The number of carbonyl (C=O) groups is 1. The smallest absolute Gasteiger partial charge is 0.303 e. The number of rotatable bonds is 1. The molecule has 0 saturated heterocycles. The molecule has 1 N–H and O–H groups in total. The van der Waals surface area contributed by atoms with E-state index in [1.165, 1.54) is 18.8 Å². The van der Waals surface area contributed by atoms with Crippen LogP contribution in [0.25, 0.3) is 0 Å². The lowest BCUT2D eigenvalue weighted by molar-refractivity contribution is -0.136. The van der Waals surface area contributed by atoms with Crippen molar-refractivity contribution in [2.45, 2.75) is 26.7 Å². The lowest BCUT2D eigenvalue weighted by atomic mass is 10.3. The van der Waals surface area contributed by atoms with Crippen LogP contribution in [0.3, 0.4) is 0 Å². The van der Waals surface area contributed by atoms with Gasteiger partial charge in [0.2, 0.25) is 0 Å². The lowest BCUT2D eigenvalue weighted by Crippen LogP contribution is -2.29. The monoisotopic (exact) mass is 186 g/mol. The van der Waals surface area contributed by atoms with E-state index in [9.17, 15) is 4.79 Å². The van der Waals surface area contributed by atoms with Gasteiger partial charge in [0, 0.05) is 26.6 Å². The van der Waals surface area contributed by atoms with Gasteiger partial charge in [0.1, 0.15) is 0 Å². The van der Waals surface area contributed by atoms with Crippen LogP contribution in [0.5, 0.6) is 0 Å². The number of carboxylic acids is 1. The molecule has 76 valence electrons. The lowest BCUT2D eigenvalue weighted by Gasteiger charge is -2.21. The summed E-state index contributed by atoms with van der Waals surface area (Å²) in [6.45, 7) is 5.85. The van der Waals surface area contributed by atoms with Gasteiger partial charge in [0.15, 0.2) is 0 Å². The predicted molar refractivity (Wildman–Crippen MR) is 53.1 cm³/mol. The van der Waals surface area contributed by atoms with Crippen molar-refractivity contribution in [3.63, 3.8) is 0 Å². The predicted octanol–water partition coefficient (Wildman–Crippen LogP) is 1.22. The highest BCUT2D eigenvalue weighted by Gasteiger charge is 2.03. The maximum Gasteiger partial charge on any atom is 0.303 e. The minimum atomic E-state index is -0.745. The van der Waals surface area contributed by atoms with E-state index in [0.29, 0.717) is 0 Å². The first kappa shape index (κ1) is 11.9. The molecule has 0 unspecified atom stereocenters. The molecule has 0 amide bonds. The maximum atomic E-state index is 9.37. The number of carboxylic acid groups (broad SMARTS) is 1. The van der Waals surface area contributed by atoms with Crippen LogP contribution in [-0.4, -0.2) is 41.9 Å². The van der Waals surface area contributed by atoms with Crippen LogP contribution in [0.15, 0.2) is 4.99 Å². The van der Waals surface area contributed by atoms with Crippen LogP contribution in [0.4, 0.5) is 0 Å². The van der Waals surface area contributed by atoms with Crippen LogP contribution >= 0.6 is 0 Å². The molecule has 0 radical (unpaired) electrons. The molecule has 0 fully saturated rings. The van der Waals surface area contributed by atoms with E-state index in [1.54, 1.807) is 6.92 Å². The van der Waals surface area contributed by atoms with Gasteiger partial charge in [0.25, 0.3) is 0 Å². The van der Waals surface area contributed by atoms with Crippen LogP contribution in [0, 0.1) is 0 Å². The Bertz CT molecular complexity index is 190. The zero-order chi connectivity index (χ0) is 10.3. The van der Waals surface area contributed by atoms with E-state index in [4.69, 9.17) is 5.11 Å². The van der Waals surface area contributed by atoms with Gasteiger partial charge in [-0.25, -0.2) is 0 Å². The summed E-state index contributed by atoms with van der Waals surface area (Å²) >= 11 is 0. The number of hydrogen-bond donors (Lipinski definition) is 1. The molecule has 1 aliphatic heterocycles. The highest BCUT2D eigenvalue weighted by atomic mass is 16.4. The van der Waals surface area contributed by atoms with Gasteiger partial charge in [-0.05, 0) is 13.3 Å². The second kappa shape index (κ2) is 6.46. The van der Waals surface area contributed by atoms with Crippen LogP contribution < -0.4 is 0 Å². The Morgan fingerprint density at radius 3 is 2.46 bits per heavy atom. The van der Waals surface area contributed by atoms with Crippen molar-refractivity contribution in [3.05, 3.63) is 0 Å². The third-order valence-corrected chi connectivity index (χ3v) is 1.85. The first-order valence-electron chi connectivity index (χ1n) is 4.52. The summed E-state index contributed by atoms with van der Waals surface area (Å²) < 4.78 is 0. The first-order valence-corrected chi connectivity index (χ1v) is 4.52. The average Bonchev–Trinajstić information content (AvgIpc) is 2.11. The molecule has 0 bridgehead atoms. The fourth-order valence-electron chi connectivity index (χ4n) is 0.831. The molecule has 4 nitrogen and oxygen atoms in total. The first-order chi connectivity index (χ1) is 6.07. The highest BCUT2D eigenvalue weighted by molar-refractivity contribution is 5.79. The zero-order valence-corrected chi connectivity index (χ0v) is 8.58. The van der Waals surface area contributed by atoms with Crippen molar-refractivity contribution in [2.75, 3.05) is 20.1 Å². The fourth-order valence-corrected chi connectivity index (χ4v) is 0.831. The van der Waals surface area contributed by atoms with Crippen molar-refractivity contribution >= 4 is 11.8 Å². The Kier molecular flexibility index (Phi) is 5.93. The quantitative estimate of drug-likeness (QED) is 0.670. The Balaban J connectivity index is 0.000000252. The van der Waals surface area contributed by atoms with Crippen LogP contribution in [0.1, 0.15) is 26.7 Å². The standard InChI is InChI=1S/C6H12N2.C3H6O2/c1-6-7-4-3-5-8(6)2;1-2-3(4)5/h3-5H2,1-2H3;2H2,1H3,(H,4,5). The van der Waals surface area contributed by atoms with Gasteiger partial charge >= 0.3 is 5.97 Å². The largest absolute Gasteiger partial charge is 0.481 e. The van der Waals surface area contributed by atoms with Crippen molar-refractivity contribution < 1.29 is 9.90 Å². The van der Waals surface area contributed by atoms with Gasteiger partial charge < -0.3 is 10.0 Å². The maximum absolute atomic E-state index is 9.37. The Morgan fingerprint density at radius 1 is 1.69 bits per heavy atom. The summed E-state index contributed by atoms with van der Waals surface area (Å²) in [5, 5.41) is 7.72. The van der Waals surface area contributed by atoms with Gasteiger partial charge in [-0.2, -0.15) is 0 Å². The summed E-state index contributed by atoms with van der Waals surface area (Å²) in [6, 6.07) is 0. The third kappa shape index (κ3) is 6.13. The van der Waals surface area contributed by atoms with E-state index in [-0.39, 0.29) is 6.42 Å². The number of hydrogen-bond acceptors (Lipinski definition) is 3. The van der Waals surface area contributed by atoms with Crippen LogP contribution in [-0.2, 0) is 4.79 Å². The summed E-state index contributed by atoms with van der Waals surface area (Å²) in [6.07, 6.45) is 1.44. The molecule has 0 saturated carbocycles. The van der Waals surface area contributed by atoms with E-state index in [2.05, 4.69) is 23.9 Å². The minimum Gasteiger partial charge on any atom is -0.481 e. The Morgan fingerprint density at radius 2 is 2.23 bits per heavy atom. The van der Waals surface area contributed by atoms with E-state index < -0.39 is 5.97 Å². The number of amidine groups is 1. The topological polar surface area (TPSA) is 52.9 Å². The summed E-state index contributed by atoms with van der Waals surface area (Å²) in [4.78, 5) is 15.8. The summed E-state index contributed by atoms with van der Waals surface area (Å²) in [5.74, 6) is 0.432. The summed E-state index contributed by atoms with van der Waals surface area (Å²) in [7, 11) is 2.08. The Labute approximate surface area is 79.3 Å². The average molecular weight is 186 g/mol. The second-order valence-corrected chi connectivity index (χ2v) is 2.95. The third-order valence-electron chi connectivity index (χ3n) is 1.85. The van der Waals surface area contributed by atoms with Gasteiger partial charge in [-0.15, -0.1) is 0 Å². The number of nitrogens with zero attached hydrogens (tertiary/aromatic N) is 2. The van der Waals surface area contributed by atoms with E-state index in [0.717, 1.165) is 6.54 Å². The van der Waals surface area contributed by atoms with Crippen molar-refractivity contribution in [1.29, 1.82) is 0 Å². The molecule has 1 aliphatic rings. The molecule has 0 atom stereocenters. The number of aliphatic carboxylic acids is 1. The van der Waals surface area contributed by atoms with Gasteiger partial charge in [-0.3, -0.25) is 9.79 Å². The molecule has 4 heteroatoms. The highest BCUT2D eigenvalue weighted by Crippen LogP contribution is 1.97. The van der Waals surface area contributed by atoms with Gasteiger partial charge in [-0.1, -0.05) is 6.92 Å². The molecular weight excluding hydrogens is 168 g/mol. The van der Waals surface area contributed by atoms with Crippen molar-refractivity contribution in [1.82, 2.24) is 4.90 Å². The van der Waals surface area contributed by atoms with Crippen LogP contribution in [0.2, 0.25) is 0 Å². The SMILES string of the molecule is CC1=NCCCN1C.CCC(=O)O. The molecule has 1 rings (SSSR count). The number of aliphatic imine (C=N–C) groups is 1. The fraction of sp³-hybridized carbons (Fsp3) is 0.778. The zero-order valence-electron chi connectivity index (χ0n) is 8.58. The van der Waals surface area contributed by atoms with E-state index in [1.807, 2.05) is 0 Å². The molecule has 13 heavy (non-hydrogen) atoms. The minimum absolute atomic E-state index is 0.222. The normalized spacial score (nSPS) is 15.6. The molecule has 0 spiro atoms. The summed E-state index contributed by atoms with van der Waals surface area (Å²) in [5.41, 5.74) is 0. The van der Waals surface area contributed by atoms with Crippen molar-refractivity contribution in [3.8, 4) is 0 Å². The molecule has 0 aromatic rings. The Hall–Kier alpha value is -1.06. The molecule has 0 aromatic heterocycles. The molecule has 1 heterocycles. The molecular formula is C9H18N2O2. The molecule has 0 aliphatic carbocycles. The van der Waals surface area contributed by atoms with E-state index >= 15 is 0 Å². The van der Waals surface area contributed by atoms with Gasteiger partial charge in [0.05, 0.1) is 5.84 Å². The van der Waals surface area contributed by atoms with Crippen molar-refractivity contribution in [2.24, 2.45) is 4.99 Å². The second-order valence-electron chi connectivity index (χ2n) is 2.95. The molecule has 0 aromatic carbocycles.